The van der Waals surface area contributed by atoms with Crippen LogP contribution in [-0.4, -0.2) is 60.6 Å². The van der Waals surface area contributed by atoms with Gasteiger partial charge in [0.05, 0.1) is 11.5 Å². The molecule has 4 rings (SSSR count). The van der Waals surface area contributed by atoms with E-state index in [4.69, 9.17) is 4.74 Å². The Hall–Kier alpha value is -0.910. The van der Waals surface area contributed by atoms with Gasteiger partial charge in [-0.25, -0.2) is 0 Å². The molecular formula is C19H28N2O2S. The number of rotatable bonds is 5. The number of methoxy groups -OCH3 is 1. The van der Waals surface area contributed by atoms with Gasteiger partial charge in [0.15, 0.2) is 0 Å². The van der Waals surface area contributed by atoms with Gasteiger partial charge in [-0.05, 0) is 55.9 Å². The highest BCUT2D eigenvalue weighted by molar-refractivity contribution is 7.12. The van der Waals surface area contributed by atoms with Crippen molar-refractivity contribution in [2.45, 2.75) is 50.1 Å². The number of nitrogens with zero attached hydrogens (tertiary/aromatic N) is 2. The number of hydrogen-bond donors (Lipinski definition) is 0. The van der Waals surface area contributed by atoms with E-state index in [1.807, 2.05) is 24.6 Å². The minimum absolute atomic E-state index is 0.222. The Morgan fingerprint density at radius 1 is 1.29 bits per heavy atom. The fraction of sp³-hybridized carbons (Fsp3) is 0.737. The van der Waals surface area contributed by atoms with E-state index in [0.717, 1.165) is 43.3 Å². The minimum atomic E-state index is 0.222. The summed E-state index contributed by atoms with van der Waals surface area (Å²) in [5, 5.41) is 1.99. The van der Waals surface area contributed by atoms with Gasteiger partial charge in [0, 0.05) is 38.3 Å². The predicted molar refractivity (Wildman–Crippen MR) is 96.5 cm³/mol. The van der Waals surface area contributed by atoms with Crippen LogP contribution in [0.2, 0.25) is 0 Å². The lowest BCUT2D eigenvalue weighted by atomic mass is 9.84. The van der Waals surface area contributed by atoms with Crippen molar-refractivity contribution in [1.82, 2.24) is 9.80 Å². The molecule has 1 atom stereocenters. The average molecular weight is 349 g/mol. The average Bonchev–Trinajstić information content (AvgIpc) is 3.14. The van der Waals surface area contributed by atoms with Crippen molar-refractivity contribution in [3.05, 3.63) is 22.4 Å². The van der Waals surface area contributed by atoms with Crippen LogP contribution in [0.15, 0.2) is 17.5 Å². The Balaban J connectivity index is 1.43. The fourth-order valence-corrected chi connectivity index (χ4v) is 5.32. The lowest BCUT2D eigenvalue weighted by molar-refractivity contribution is 0.00925. The number of carbonyl (C=O) groups is 1. The second-order valence-electron chi connectivity index (χ2n) is 7.74. The number of likely N-dealkylation sites (tertiary alicyclic amines) is 2. The minimum Gasteiger partial charge on any atom is -0.383 e. The summed E-state index contributed by atoms with van der Waals surface area (Å²) in [6.45, 7) is 3.90. The molecule has 1 saturated carbocycles. The quantitative estimate of drug-likeness (QED) is 0.819. The maximum Gasteiger partial charge on any atom is 0.263 e. The highest BCUT2D eigenvalue weighted by Gasteiger charge is 2.49. The van der Waals surface area contributed by atoms with E-state index >= 15 is 0 Å². The Morgan fingerprint density at radius 2 is 2.08 bits per heavy atom. The first-order valence-corrected chi connectivity index (χ1v) is 10.2. The molecular weight excluding hydrogens is 320 g/mol. The van der Waals surface area contributed by atoms with Crippen molar-refractivity contribution in [1.29, 1.82) is 0 Å². The molecule has 1 aromatic heterocycles. The molecule has 0 aromatic carbocycles. The van der Waals surface area contributed by atoms with Crippen molar-refractivity contribution in [3.63, 3.8) is 0 Å². The van der Waals surface area contributed by atoms with Crippen LogP contribution in [0.5, 0.6) is 0 Å². The molecule has 0 radical (unpaired) electrons. The summed E-state index contributed by atoms with van der Waals surface area (Å²) >= 11 is 1.55. The standard InChI is InChI=1S/C19H28N2O2S/c1-23-14-16-6-7-19(21(16)13-15-4-5-15)8-10-20(11-9-19)18(22)17-3-2-12-24-17/h2-3,12,15-16H,4-11,13-14H2,1H3. The normalized spacial score (nSPS) is 27.0. The second kappa shape index (κ2) is 6.77. The largest absolute Gasteiger partial charge is 0.383 e. The van der Waals surface area contributed by atoms with Gasteiger partial charge in [-0.1, -0.05) is 6.07 Å². The van der Waals surface area contributed by atoms with Crippen LogP contribution in [0, 0.1) is 5.92 Å². The molecule has 3 aliphatic rings. The van der Waals surface area contributed by atoms with E-state index in [1.165, 1.54) is 32.2 Å². The zero-order chi connectivity index (χ0) is 16.6. The molecule has 1 aromatic rings. The predicted octanol–water partition coefficient (Wildman–Crippen LogP) is 3.24. The van der Waals surface area contributed by atoms with E-state index in [9.17, 15) is 4.79 Å². The highest BCUT2D eigenvalue weighted by Crippen LogP contribution is 2.44. The van der Waals surface area contributed by atoms with E-state index < -0.39 is 0 Å². The summed E-state index contributed by atoms with van der Waals surface area (Å²) in [4.78, 5) is 18.3. The summed E-state index contributed by atoms with van der Waals surface area (Å²) in [6, 6.07) is 4.49. The third kappa shape index (κ3) is 3.14. The molecule has 5 heteroatoms. The van der Waals surface area contributed by atoms with Crippen molar-refractivity contribution < 1.29 is 9.53 Å². The Labute approximate surface area is 148 Å². The Kier molecular flexibility index (Phi) is 4.67. The zero-order valence-corrected chi connectivity index (χ0v) is 15.4. The van der Waals surface area contributed by atoms with Gasteiger partial charge in [0.25, 0.3) is 5.91 Å². The summed E-state index contributed by atoms with van der Waals surface area (Å²) in [7, 11) is 1.82. The lowest BCUT2D eigenvalue weighted by Gasteiger charge is -2.46. The molecule has 2 saturated heterocycles. The first kappa shape index (κ1) is 16.6. The van der Waals surface area contributed by atoms with Crippen molar-refractivity contribution in [3.8, 4) is 0 Å². The van der Waals surface area contributed by atoms with Crippen LogP contribution in [0.25, 0.3) is 0 Å². The van der Waals surface area contributed by atoms with E-state index in [0.29, 0.717) is 11.6 Å². The molecule has 0 N–H and O–H groups in total. The summed E-state index contributed by atoms with van der Waals surface area (Å²) in [6.07, 6.45) is 7.56. The van der Waals surface area contributed by atoms with Crippen LogP contribution in [0.1, 0.15) is 48.2 Å². The number of thiophene rings is 1. The van der Waals surface area contributed by atoms with Crippen molar-refractivity contribution in [2.75, 3.05) is 33.4 Å². The number of ether oxygens (including phenoxy) is 1. The molecule has 3 fully saturated rings. The number of hydrogen-bond acceptors (Lipinski definition) is 4. The molecule has 1 unspecified atom stereocenters. The summed E-state index contributed by atoms with van der Waals surface area (Å²) < 4.78 is 5.50. The van der Waals surface area contributed by atoms with Crippen LogP contribution in [0.3, 0.4) is 0 Å². The molecule has 4 nitrogen and oxygen atoms in total. The molecule has 1 amide bonds. The number of amides is 1. The van der Waals surface area contributed by atoms with Gasteiger partial charge in [0.2, 0.25) is 0 Å². The SMILES string of the molecule is COCC1CCC2(CCN(C(=O)c3cccs3)CC2)N1CC1CC1. The third-order valence-corrected chi connectivity index (χ3v) is 7.08. The van der Waals surface area contributed by atoms with Gasteiger partial charge < -0.3 is 9.64 Å². The Bertz CT molecular complexity index is 562. The van der Waals surface area contributed by atoms with E-state index in [2.05, 4.69) is 9.80 Å². The zero-order valence-electron chi connectivity index (χ0n) is 14.6. The molecule has 2 aliphatic heterocycles. The maximum atomic E-state index is 12.6. The Morgan fingerprint density at radius 3 is 2.71 bits per heavy atom. The van der Waals surface area contributed by atoms with Gasteiger partial charge in [-0.2, -0.15) is 0 Å². The molecule has 1 spiro atoms. The first-order chi connectivity index (χ1) is 11.7. The monoisotopic (exact) mass is 348 g/mol. The number of carbonyl (C=O) groups excluding carboxylic acids is 1. The highest BCUT2D eigenvalue weighted by atomic mass is 32.1. The van der Waals surface area contributed by atoms with Gasteiger partial charge >= 0.3 is 0 Å². The fourth-order valence-electron chi connectivity index (χ4n) is 4.63. The smallest absolute Gasteiger partial charge is 0.263 e. The van der Waals surface area contributed by atoms with Crippen molar-refractivity contribution >= 4 is 17.2 Å². The first-order valence-electron chi connectivity index (χ1n) is 9.30. The van der Waals surface area contributed by atoms with Gasteiger partial charge in [-0.3, -0.25) is 9.69 Å². The van der Waals surface area contributed by atoms with Crippen LogP contribution < -0.4 is 0 Å². The van der Waals surface area contributed by atoms with E-state index in [-0.39, 0.29) is 5.91 Å². The van der Waals surface area contributed by atoms with Crippen LogP contribution in [-0.2, 0) is 4.74 Å². The van der Waals surface area contributed by atoms with Crippen molar-refractivity contribution in [2.24, 2.45) is 5.92 Å². The third-order valence-electron chi connectivity index (χ3n) is 6.22. The van der Waals surface area contributed by atoms with Gasteiger partial charge in [-0.15, -0.1) is 11.3 Å². The maximum absolute atomic E-state index is 12.6. The summed E-state index contributed by atoms with van der Waals surface area (Å²) in [5.41, 5.74) is 0.317. The van der Waals surface area contributed by atoms with Crippen LogP contribution in [0.4, 0.5) is 0 Å². The van der Waals surface area contributed by atoms with E-state index in [1.54, 1.807) is 11.3 Å². The number of piperidine rings is 1. The molecule has 3 heterocycles. The van der Waals surface area contributed by atoms with Crippen LogP contribution >= 0.6 is 11.3 Å². The van der Waals surface area contributed by atoms with Gasteiger partial charge in [0.1, 0.15) is 0 Å². The molecule has 132 valence electrons. The topological polar surface area (TPSA) is 32.8 Å². The molecule has 24 heavy (non-hydrogen) atoms. The molecule has 1 aliphatic carbocycles. The second-order valence-corrected chi connectivity index (χ2v) is 8.69. The summed E-state index contributed by atoms with van der Waals surface area (Å²) in [5.74, 6) is 1.13. The molecule has 0 bridgehead atoms. The lowest BCUT2D eigenvalue weighted by Crippen LogP contribution is -2.56.